The van der Waals surface area contributed by atoms with Gasteiger partial charge in [-0.2, -0.15) is 0 Å². The number of hydrogen-bond acceptors (Lipinski definition) is 1. The van der Waals surface area contributed by atoms with Crippen LogP contribution < -0.4 is 4.57 Å². The summed E-state index contributed by atoms with van der Waals surface area (Å²) < 4.78 is 2.12. The number of rotatable bonds is 2. The van der Waals surface area contributed by atoms with E-state index in [0.29, 0.717) is 17.7 Å². The van der Waals surface area contributed by atoms with E-state index in [1.54, 1.807) is 0 Å². The summed E-state index contributed by atoms with van der Waals surface area (Å²) in [6.45, 7) is 10.6. The molecule has 2 heteroatoms. The standard InChI is InChI=1S/C16H21NO/c1-10(2)14-8-13-6-7-17(11(3)4)9-15(13)16(18)12(14)5/h6-11H,1-5H3/p+1. The largest absolute Gasteiger partial charge is 0.507 e. The first-order chi connectivity index (χ1) is 8.41. The summed E-state index contributed by atoms with van der Waals surface area (Å²) in [4.78, 5) is 0. The lowest BCUT2D eigenvalue weighted by Gasteiger charge is -2.13. The van der Waals surface area contributed by atoms with Gasteiger partial charge in [0.15, 0.2) is 18.4 Å². The Morgan fingerprint density at radius 1 is 1.17 bits per heavy atom. The Kier molecular flexibility index (Phi) is 3.29. The first-order valence-electron chi connectivity index (χ1n) is 6.58. The maximum Gasteiger partial charge on any atom is 0.180 e. The van der Waals surface area contributed by atoms with Gasteiger partial charge in [0.05, 0.1) is 5.39 Å². The average molecular weight is 244 g/mol. The van der Waals surface area contributed by atoms with Gasteiger partial charge in [0.2, 0.25) is 0 Å². The Labute approximate surface area is 109 Å². The maximum atomic E-state index is 10.4. The highest BCUT2D eigenvalue weighted by atomic mass is 16.3. The summed E-state index contributed by atoms with van der Waals surface area (Å²) in [6.07, 6.45) is 4.11. The first-order valence-corrected chi connectivity index (χ1v) is 6.58. The van der Waals surface area contributed by atoms with Crippen molar-refractivity contribution in [3.8, 4) is 5.75 Å². The molecule has 0 saturated carbocycles. The van der Waals surface area contributed by atoms with E-state index in [0.717, 1.165) is 16.3 Å². The summed E-state index contributed by atoms with van der Waals surface area (Å²) in [5, 5.41) is 12.4. The minimum atomic E-state index is 0.402. The van der Waals surface area contributed by atoms with Gasteiger partial charge in [-0.25, -0.2) is 4.57 Å². The van der Waals surface area contributed by atoms with Crippen molar-refractivity contribution in [2.45, 2.75) is 46.6 Å². The zero-order valence-corrected chi connectivity index (χ0v) is 11.9. The number of fused-ring (bicyclic) bond motifs is 1. The minimum Gasteiger partial charge on any atom is -0.507 e. The van der Waals surface area contributed by atoms with Crippen LogP contribution in [0.3, 0.4) is 0 Å². The molecule has 96 valence electrons. The molecule has 0 amide bonds. The van der Waals surface area contributed by atoms with Gasteiger partial charge in [0.1, 0.15) is 5.75 Å². The molecule has 2 aromatic rings. The number of benzene rings is 1. The molecule has 18 heavy (non-hydrogen) atoms. The molecule has 1 aromatic carbocycles. The van der Waals surface area contributed by atoms with Crippen LogP contribution in [-0.4, -0.2) is 5.11 Å². The Hall–Kier alpha value is -1.57. The van der Waals surface area contributed by atoms with Crippen LogP contribution >= 0.6 is 0 Å². The molecule has 0 saturated heterocycles. The number of aromatic nitrogens is 1. The van der Waals surface area contributed by atoms with E-state index >= 15 is 0 Å². The fourth-order valence-corrected chi connectivity index (χ4v) is 2.38. The van der Waals surface area contributed by atoms with Gasteiger partial charge in [0, 0.05) is 6.07 Å². The molecule has 1 N–H and O–H groups in total. The molecule has 1 heterocycles. The van der Waals surface area contributed by atoms with Crippen molar-refractivity contribution in [3.05, 3.63) is 35.7 Å². The van der Waals surface area contributed by atoms with Crippen molar-refractivity contribution in [1.29, 1.82) is 0 Å². The summed E-state index contributed by atoms with van der Waals surface area (Å²) >= 11 is 0. The summed E-state index contributed by atoms with van der Waals surface area (Å²) in [6, 6.07) is 4.68. The third-order valence-corrected chi connectivity index (χ3v) is 3.59. The maximum absolute atomic E-state index is 10.4. The SMILES string of the molecule is Cc1c(C(C)C)cc2cc[n+](C(C)C)cc2c1O. The normalized spacial score (nSPS) is 11.7. The molecule has 0 fully saturated rings. The third kappa shape index (κ3) is 2.07. The van der Waals surface area contributed by atoms with E-state index < -0.39 is 0 Å². The van der Waals surface area contributed by atoms with Crippen LogP contribution in [0, 0.1) is 6.92 Å². The van der Waals surface area contributed by atoms with Gasteiger partial charge in [-0.05, 0) is 49.3 Å². The van der Waals surface area contributed by atoms with E-state index in [1.807, 2.05) is 13.1 Å². The van der Waals surface area contributed by atoms with E-state index in [9.17, 15) is 5.11 Å². The van der Waals surface area contributed by atoms with E-state index in [2.05, 4.69) is 50.6 Å². The summed E-state index contributed by atoms with van der Waals surface area (Å²) in [5.74, 6) is 0.851. The minimum absolute atomic E-state index is 0.402. The average Bonchev–Trinajstić information content (AvgIpc) is 2.32. The molecule has 0 radical (unpaired) electrons. The molecule has 0 bridgehead atoms. The van der Waals surface area contributed by atoms with Crippen LogP contribution in [0.15, 0.2) is 24.5 Å². The van der Waals surface area contributed by atoms with Gasteiger partial charge in [-0.1, -0.05) is 13.8 Å². The van der Waals surface area contributed by atoms with Crippen molar-refractivity contribution in [1.82, 2.24) is 0 Å². The molecule has 0 aliphatic carbocycles. The van der Waals surface area contributed by atoms with Crippen molar-refractivity contribution in [2.75, 3.05) is 0 Å². The highest BCUT2D eigenvalue weighted by Crippen LogP contribution is 2.33. The first kappa shape index (κ1) is 12.9. The zero-order valence-electron chi connectivity index (χ0n) is 11.9. The molecular formula is C16H22NO+. The molecule has 0 aliphatic rings. The van der Waals surface area contributed by atoms with Crippen molar-refractivity contribution in [2.24, 2.45) is 0 Å². The lowest BCUT2D eigenvalue weighted by Crippen LogP contribution is -2.34. The second kappa shape index (κ2) is 4.60. The lowest BCUT2D eigenvalue weighted by atomic mass is 9.94. The van der Waals surface area contributed by atoms with Gasteiger partial charge in [-0.15, -0.1) is 0 Å². The Morgan fingerprint density at radius 3 is 2.39 bits per heavy atom. The van der Waals surface area contributed by atoms with E-state index in [4.69, 9.17) is 0 Å². The van der Waals surface area contributed by atoms with Crippen LogP contribution in [0.1, 0.15) is 50.8 Å². The predicted octanol–water partition coefficient (Wildman–Crippen LogP) is 3.85. The molecule has 2 nitrogen and oxygen atoms in total. The number of phenolic OH excluding ortho intramolecular Hbond substituents is 1. The Balaban J connectivity index is 2.74. The van der Waals surface area contributed by atoms with Gasteiger partial charge >= 0.3 is 0 Å². The van der Waals surface area contributed by atoms with Crippen LogP contribution in [0.25, 0.3) is 10.8 Å². The smallest absolute Gasteiger partial charge is 0.180 e. The lowest BCUT2D eigenvalue weighted by molar-refractivity contribution is -0.715. The van der Waals surface area contributed by atoms with Crippen LogP contribution in [0.4, 0.5) is 0 Å². The highest BCUT2D eigenvalue weighted by Gasteiger charge is 2.15. The van der Waals surface area contributed by atoms with E-state index in [-0.39, 0.29) is 0 Å². The summed E-state index contributed by atoms with van der Waals surface area (Å²) in [5.41, 5.74) is 2.22. The topological polar surface area (TPSA) is 24.1 Å². The number of phenols is 1. The zero-order chi connectivity index (χ0) is 13.4. The quantitative estimate of drug-likeness (QED) is 0.797. The van der Waals surface area contributed by atoms with Crippen LogP contribution in [0.2, 0.25) is 0 Å². The molecular weight excluding hydrogens is 222 g/mol. The van der Waals surface area contributed by atoms with Crippen molar-refractivity contribution < 1.29 is 9.67 Å². The number of pyridine rings is 1. The fraction of sp³-hybridized carbons (Fsp3) is 0.438. The van der Waals surface area contributed by atoms with Crippen molar-refractivity contribution in [3.63, 3.8) is 0 Å². The van der Waals surface area contributed by atoms with Crippen LogP contribution in [-0.2, 0) is 0 Å². The molecule has 0 spiro atoms. The molecule has 0 aliphatic heterocycles. The van der Waals surface area contributed by atoms with Crippen molar-refractivity contribution >= 4 is 10.8 Å². The number of aromatic hydroxyl groups is 1. The second-order valence-electron chi connectivity index (χ2n) is 5.58. The molecule has 2 rings (SSSR count). The number of nitrogens with zero attached hydrogens (tertiary/aromatic N) is 1. The Bertz CT molecular complexity index is 585. The van der Waals surface area contributed by atoms with E-state index in [1.165, 1.54) is 5.56 Å². The summed E-state index contributed by atoms with van der Waals surface area (Å²) in [7, 11) is 0. The monoisotopic (exact) mass is 244 g/mol. The molecule has 0 atom stereocenters. The van der Waals surface area contributed by atoms with Gasteiger partial charge in [0.25, 0.3) is 0 Å². The molecule has 1 aromatic heterocycles. The molecule has 0 unspecified atom stereocenters. The van der Waals surface area contributed by atoms with Crippen LogP contribution in [0.5, 0.6) is 5.75 Å². The fourth-order valence-electron chi connectivity index (χ4n) is 2.38. The third-order valence-electron chi connectivity index (χ3n) is 3.59. The predicted molar refractivity (Wildman–Crippen MR) is 75.0 cm³/mol. The second-order valence-corrected chi connectivity index (χ2v) is 5.58. The number of hydrogen-bond donors (Lipinski definition) is 1. The Morgan fingerprint density at radius 2 is 1.83 bits per heavy atom. The van der Waals surface area contributed by atoms with Gasteiger partial charge < -0.3 is 5.11 Å². The van der Waals surface area contributed by atoms with Gasteiger partial charge in [-0.3, -0.25) is 0 Å². The highest BCUT2D eigenvalue weighted by molar-refractivity contribution is 5.89.